The van der Waals surface area contributed by atoms with Gasteiger partial charge in [-0.25, -0.2) is 18.4 Å². The minimum atomic E-state index is -2.97. The summed E-state index contributed by atoms with van der Waals surface area (Å²) in [5.41, 5.74) is 1.21. The van der Waals surface area contributed by atoms with Crippen molar-refractivity contribution in [2.45, 2.75) is 19.4 Å². The molecule has 0 saturated carbocycles. The summed E-state index contributed by atoms with van der Waals surface area (Å²) in [6.07, 6.45) is 3.56. The maximum Gasteiger partial charge on any atom is 0.261 e. The number of hydrogen-bond donors (Lipinski definition) is 0. The smallest absolute Gasteiger partial charge is 0.261 e. The van der Waals surface area contributed by atoms with Gasteiger partial charge >= 0.3 is 0 Å². The number of hydrogen-bond acceptors (Lipinski definition) is 6. The van der Waals surface area contributed by atoms with Gasteiger partial charge < -0.3 is 9.80 Å². The van der Waals surface area contributed by atoms with Gasteiger partial charge in [0.2, 0.25) is 5.95 Å². The maximum absolute atomic E-state index is 12.8. The van der Waals surface area contributed by atoms with E-state index in [0.29, 0.717) is 24.5 Å². The molecule has 1 aliphatic heterocycles. The van der Waals surface area contributed by atoms with Crippen LogP contribution in [0.5, 0.6) is 0 Å². The molecular weight excluding hydrogens is 352 g/mol. The topological polar surface area (TPSA) is 83.5 Å². The molecule has 8 heteroatoms. The summed E-state index contributed by atoms with van der Waals surface area (Å²) in [6, 6.07) is 9.30. The molecule has 1 fully saturated rings. The fourth-order valence-corrected chi connectivity index (χ4v) is 4.84. The van der Waals surface area contributed by atoms with Crippen molar-refractivity contribution < 1.29 is 13.2 Å². The van der Waals surface area contributed by atoms with Gasteiger partial charge in [0, 0.05) is 37.7 Å². The normalized spacial score (nSPS) is 18.5. The largest absolute Gasteiger partial charge is 0.340 e. The van der Waals surface area contributed by atoms with E-state index in [2.05, 4.69) is 9.97 Å². The minimum Gasteiger partial charge on any atom is -0.340 e. The highest BCUT2D eigenvalue weighted by Crippen LogP contribution is 2.21. The predicted molar refractivity (Wildman–Crippen MR) is 101 cm³/mol. The molecule has 2 aromatic rings. The van der Waals surface area contributed by atoms with E-state index in [4.69, 9.17) is 0 Å². The van der Waals surface area contributed by atoms with E-state index in [1.165, 1.54) is 12.4 Å². The third kappa shape index (κ3) is 3.85. The average molecular weight is 374 g/mol. The second kappa shape index (κ2) is 7.41. The van der Waals surface area contributed by atoms with Crippen LogP contribution in [-0.2, 0) is 9.84 Å². The van der Waals surface area contributed by atoms with Crippen LogP contribution in [0.25, 0.3) is 0 Å². The summed E-state index contributed by atoms with van der Waals surface area (Å²) in [6.45, 7) is 2.44. The Hall–Kier alpha value is -2.48. The molecule has 26 heavy (non-hydrogen) atoms. The molecule has 0 radical (unpaired) electrons. The molecule has 0 N–H and O–H groups in total. The summed E-state index contributed by atoms with van der Waals surface area (Å²) in [4.78, 5) is 24.7. The van der Waals surface area contributed by atoms with Gasteiger partial charge in [0.1, 0.15) is 0 Å². The first-order chi connectivity index (χ1) is 12.4. The van der Waals surface area contributed by atoms with Crippen LogP contribution in [0.2, 0.25) is 0 Å². The molecule has 7 nitrogen and oxygen atoms in total. The zero-order chi connectivity index (χ0) is 18.7. The number of nitrogens with zero attached hydrogens (tertiary/aromatic N) is 4. The van der Waals surface area contributed by atoms with E-state index in [9.17, 15) is 13.2 Å². The summed E-state index contributed by atoms with van der Waals surface area (Å²) < 4.78 is 23.3. The predicted octanol–water partition coefficient (Wildman–Crippen LogP) is 1.77. The van der Waals surface area contributed by atoms with Crippen molar-refractivity contribution in [3.63, 3.8) is 0 Å². The Kier molecular flexibility index (Phi) is 5.22. The molecule has 1 saturated heterocycles. The Labute approximate surface area is 153 Å². The average Bonchev–Trinajstić information content (AvgIpc) is 3.02. The number of anilines is 2. The molecule has 0 bridgehead atoms. The Morgan fingerprint density at radius 1 is 1.19 bits per heavy atom. The van der Waals surface area contributed by atoms with Crippen molar-refractivity contribution in [3.05, 3.63) is 48.3 Å². The number of amides is 1. The quantitative estimate of drug-likeness (QED) is 0.793. The zero-order valence-electron chi connectivity index (χ0n) is 14.9. The molecule has 2 heterocycles. The molecule has 1 aliphatic rings. The summed E-state index contributed by atoms with van der Waals surface area (Å²) in [7, 11) is -1.19. The van der Waals surface area contributed by atoms with E-state index >= 15 is 0 Å². The molecule has 0 aliphatic carbocycles. The van der Waals surface area contributed by atoms with E-state index in [0.717, 1.165) is 5.69 Å². The molecule has 1 aromatic carbocycles. The van der Waals surface area contributed by atoms with Crippen molar-refractivity contribution >= 4 is 27.4 Å². The number of rotatable bonds is 5. The Balaban J connectivity index is 1.75. The van der Waals surface area contributed by atoms with Crippen molar-refractivity contribution in [3.8, 4) is 0 Å². The van der Waals surface area contributed by atoms with Crippen molar-refractivity contribution in [2.24, 2.45) is 0 Å². The number of para-hydroxylation sites is 1. The van der Waals surface area contributed by atoms with E-state index in [-0.39, 0.29) is 23.5 Å². The van der Waals surface area contributed by atoms with Gasteiger partial charge in [0.25, 0.3) is 5.91 Å². The lowest BCUT2D eigenvalue weighted by Gasteiger charge is -2.24. The summed E-state index contributed by atoms with van der Waals surface area (Å²) >= 11 is 0. The van der Waals surface area contributed by atoms with Gasteiger partial charge in [0.05, 0.1) is 17.1 Å². The standard InChI is InChI=1S/C18H22N4O3S/c1-3-22(15-7-5-4-6-8-15)17(23)14-11-19-18(20-12-14)21(2)16-9-10-26(24,25)13-16/h4-8,11-12,16H,3,9-10,13H2,1-2H3. The maximum atomic E-state index is 12.8. The number of benzene rings is 1. The van der Waals surface area contributed by atoms with Gasteiger partial charge in [0.15, 0.2) is 9.84 Å². The highest BCUT2D eigenvalue weighted by molar-refractivity contribution is 7.91. The van der Waals surface area contributed by atoms with Crippen LogP contribution in [0, 0.1) is 0 Å². The Morgan fingerprint density at radius 2 is 1.85 bits per heavy atom. The van der Waals surface area contributed by atoms with Gasteiger partial charge in [-0.1, -0.05) is 18.2 Å². The second-order valence-corrected chi connectivity index (χ2v) is 8.55. The first-order valence-electron chi connectivity index (χ1n) is 8.53. The van der Waals surface area contributed by atoms with Gasteiger partial charge in [-0.3, -0.25) is 4.79 Å². The Bertz CT molecular complexity index is 869. The molecule has 1 amide bonds. The van der Waals surface area contributed by atoms with Crippen LogP contribution in [0.1, 0.15) is 23.7 Å². The van der Waals surface area contributed by atoms with E-state index in [1.54, 1.807) is 16.8 Å². The zero-order valence-corrected chi connectivity index (χ0v) is 15.7. The number of carbonyl (C=O) groups is 1. The van der Waals surface area contributed by atoms with Crippen molar-refractivity contribution in [1.82, 2.24) is 9.97 Å². The highest BCUT2D eigenvalue weighted by Gasteiger charge is 2.31. The fraction of sp³-hybridized carbons (Fsp3) is 0.389. The first-order valence-corrected chi connectivity index (χ1v) is 10.4. The van der Waals surface area contributed by atoms with Gasteiger partial charge in [-0.15, -0.1) is 0 Å². The molecule has 0 spiro atoms. The van der Waals surface area contributed by atoms with Crippen LogP contribution in [0.3, 0.4) is 0 Å². The van der Waals surface area contributed by atoms with Crippen LogP contribution >= 0.6 is 0 Å². The van der Waals surface area contributed by atoms with Crippen LogP contribution in [0.15, 0.2) is 42.7 Å². The number of carbonyl (C=O) groups excluding carboxylic acids is 1. The number of sulfone groups is 1. The summed E-state index contributed by atoms with van der Waals surface area (Å²) in [5, 5.41) is 0. The lowest BCUT2D eigenvalue weighted by atomic mass is 10.2. The Morgan fingerprint density at radius 3 is 2.38 bits per heavy atom. The minimum absolute atomic E-state index is 0.116. The van der Waals surface area contributed by atoms with Crippen molar-refractivity contribution in [2.75, 3.05) is 34.9 Å². The third-order valence-electron chi connectivity index (χ3n) is 4.59. The first kappa shape index (κ1) is 18.3. The third-order valence-corrected chi connectivity index (χ3v) is 6.34. The van der Waals surface area contributed by atoms with E-state index < -0.39 is 9.84 Å². The van der Waals surface area contributed by atoms with E-state index in [1.807, 2.05) is 37.3 Å². The van der Waals surface area contributed by atoms with Crippen molar-refractivity contribution in [1.29, 1.82) is 0 Å². The van der Waals surface area contributed by atoms with Crippen LogP contribution in [-0.4, -0.2) is 55.4 Å². The van der Waals surface area contributed by atoms with Gasteiger partial charge in [-0.05, 0) is 25.5 Å². The van der Waals surface area contributed by atoms with Crippen LogP contribution < -0.4 is 9.80 Å². The molecule has 3 rings (SSSR count). The molecule has 138 valence electrons. The highest BCUT2D eigenvalue weighted by atomic mass is 32.2. The monoisotopic (exact) mass is 374 g/mol. The van der Waals surface area contributed by atoms with Crippen LogP contribution in [0.4, 0.5) is 11.6 Å². The number of aromatic nitrogens is 2. The molecule has 1 aromatic heterocycles. The molecule has 1 atom stereocenters. The lowest BCUT2D eigenvalue weighted by Crippen LogP contribution is -2.34. The van der Waals surface area contributed by atoms with Gasteiger partial charge in [-0.2, -0.15) is 0 Å². The summed E-state index contributed by atoms with van der Waals surface area (Å²) in [5.74, 6) is 0.564. The molecular formula is C18H22N4O3S. The molecule has 1 unspecified atom stereocenters. The lowest BCUT2D eigenvalue weighted by molar-refractivity contribution is 0.0987. The fourth-order valence-electron chi connectivity index (χ4n) is 3.07. The SMILES string of the molecule is CCN(C(=O)c1cnc(N(C)C2CCS(=O)(=O)C2)nc1)c1ccccc1. The second-order valence-electron chi connectivity index (χ2n) is 6.32.